The van der Waals surface area contributed by atoms with Gasteiger partial charge in [0.05, 0.1) is 15.8 Å². The summed E-state index contributed by atoms with van der Waals surface area (Å²) in [5, 5.41) is 0. The minimum absolute atomic E-state index is 0.0625. The van der Waals surface area contributed by atoms with Crippen molar-refractivity contribution in [3.63, 3.8) is 0 Å². The van der Waals surface area contributed by atoms with Crippen LogP contribution < -0.4 is 10.9 Å². The third-order valence-electron chi connectivity index (χ3n) is 6.34. The number of rotatable bonds is 2. The molecule has 0 aromatic carbocycles. The van der Waals surface area contributed by atoms with E-state index in [1.807, 2.05) is 20.8 Å². The Hall–Kier alpha value is -1.76. The van der Waals surface area contributed by atoms with E-state index in [9.17, 15) is 14.4 Å². The molecule has 2 fully saturated rings. The van der Waals surface area contributed by atoms with E-state index >= 15 is 0 Å². The van der Waals surface area contributed by atoms with Crippen LogP contribution in [0.15, 0.2) is 24.5 Å². The van der Waals surface area contributed by atoms with Gasteiger partial charge in [-0.3, -0.25) is 30.2 Å². The molecule has 0 radical (unpaired) electrons. The maximum absolute atomic E-state index is 13.0. The molecule has 1 aromatic rings. The molecule has 2 N–H and O–H groups in total. The summed E-state index contributed by atoms with van der Waals surface area (Å²) >= 11 is 3.45. The molecule has 3 atom stereocenters. The quantitative estimate of drug-likeness (QED) is 0.593. The average molecular weight is 394 g/mol. The van der Waals surface area contributed by atoms with E-state index < -0.39 is 27.0 Å². The minimum Gasteiger partial charge on any atom is -0.298 e. The number of Topliss-reactive ketones (excluding diaryl/α,β-unsaturated/α-hetero) is 1. The number of carbonyl (C=O) groups is 3. The summed E-state index contributed by atoms with van der Waals surface area (Å²) in [7, 11) is 0. The number of halogens is 1. The van der Waals surface area contributed by atoms with Crippen molar-refractivity contribution < 1.29 is 14.4 Å². The van der Waals surface area contributed by atoms with Crippen molar-refractivity contribution in [1.29, 1.82) is 0 Å². The lowest BCUT2D eigenvalue weighted by Crippen LogP contribution is -2.55. The van der Waals surface area contributed by atoms with E-state index in [1.54, 1.807) is 18.3 Å². The van der Waals surface area contributed by atoms with Crippen LogP contribution >= 0.6 is 15.9 Å². The largest absolute Gasteiger partial charge is 0.298 e. The fourth-order valence-corrected chi connectivity index (χ4v) is 5.76. The summed E-state index contributed by atoms with van der Waals surface area (Å²) in [6.07, 6.45) is 4.26. The SMILES string of the molecule is CC12CCC(C(=O)NNC(=O)c3cccnc3)(C(Br)C1=O)C2(C)C. The smallest absolute Gasteiger partial charge is 0.271 e. The van der Waals surface area contributed by atoms with Crippen LogP contribution in [0.3, 0.4) is 0 Å². The zero-order valence-corrected chi connectivity index (χ0v) is 15.4. The van der Waals surface area contributed by atoms with E-state index in [-0.39, 0.29) is 11.7 Å². The Morgan fingerprint density at radius 1 is 1.25 bits per heavy atom. The average Bonchev–Trinajstić information content (AvgIpc) is 2.85. The van der Waals surface area contributed by atoms with Gasteiger partial charge >= 0.3 is 0 Å². The van der Waals surface area contributed by atoms with Gasteiger partial charge in [-0.2, -0.15) is 0 Å². The summed E-state index contributed by atoms with van der Waals surface area (Å²) in [5.74, 6) is -0.712. The standard InChI is InChI=1S/C17H20BrN3O3/c1-15(2)16(3)6-7-17(15,11(18)12(16)22)14(24)21-20-13(23)10-5-4-8-19-9-10/h4-5,8-9,11H,6-7H2,1-3H3,(H,20,23)(H,21,24). The van der Waals surface area contributed by atoms with Crippen molar-refractivity contribution in [2.75, 3.05) is 0 Å². The molecule has 1 heterocycles. The molecule has 3 rings (SSSR count). The van der Waals surface area contributed by atoms with Gasteiger partial charge in [-0.25, -0.2) is 0 Å². The third kappa shape index (κ3) is 1.93. The normalized spacial score (nSPS) is 33.3. The highest BCUT2D eigenvalue weighted by Crippen LogP contribution is 2.72. The van der Waals surface area contributed by atoms with Crippen molar-refractivity contribution in [3.8, 4) is 0 Å². The molecule has 0 spiro atoms. The topological polar surface area (TPSA) is 88.2 Å². The summed E-state index contributed by atoms with van der Waals surface area (Å²) in [5.41, 5.74) is 3.38. The number of fused-ring (bicyclic) bond motifs is 2. The number of carbonyl (C=O) groups excluding carboxylic acids is 3. The van der Waals surface area contributed by atoms with Gasteiger partial charge < -0.3 is 0 Å². The minimum atomic E-state index is -0.874. The van der Waals surface area contributed by atoms with Gasteiger partial charge in [0.25, 0.3) is 5.91 Å². The van der Waals surface area contributed by atoms with Gasteiger partial charge in [0, 0.05) is 17.8 Å². The lowest BCUT2D eigenvalue weighted by Gasteiger charge is -2.39. The Morgan fingerprint density at radius 2 is 1.96 bits per heavy atom. The molecule has 0 aliphatic heterocycles. The van der Waals surface area contributed by atoms with Crippen LogP contribution in [0.4, 0.5) is 0 Å². The predicted molar refractivity (Wildman–Crippen MR) is 91.1 cm³/mol. The monoisotopic (exact) mass is 393 g/mol. The first-order valence-electron chi connectivity index (χ1n) is 7.88. The van der Waals surface area contributed by atoms with Gasteiger partial charge in [-0.1, -0.05) is 36.7 Å². The van der Waals surface area contributed by atoms with E-state index in [1.165, 1.54) is 6.20 Å². The molecule has 1 aromatic heterocycles. The van der Waals surface area contributed by atoms with Crippen LogP contribution in [0.1, 0.15) is 44.0 Å². The van der Waals surface area contributed by atoms with Crippen molar-refractivity contribution in [3.05, 3.63) is 30.1 Å². The molecule has 128 valence electrons. The number of nitrogens with zero attached hydrogens (tertiary/aromatic N) is 1. The number of hydrogen-bond donors (Lipinski definition) is 2. The van der Waals surface area contributed by atoms with Gasteiger partial charge in [0.2, 0.25) is 5.91 Å². The molecule has 2 bridgehead atoms. The number of pyridine rings is 1. The Kier molecular flexibility index (Phi) is 3.82. The molecule has 2 aliphatic carbocycles. The summed E-state index contributed by atoms with van der Waals surface area (Å²) in [6.45, 7) is 5.85. The van der Waals surface area contributed by atoms with Crippen LogP contribution in [-0.4, -0.2) is 27.4 Å². The van der Waals surface area contributed by atoms with E-state index in [0.29, 0.717) is 18.4 Å². The van der Waals surface area contributed by atoms with Crippen LogP contribution in [0, 0.1) is 16.2 Å². The second-order valence-corrected chi connectivity index (χ2v) is 8.22. The van der Waals surface area contributed by atoms with Crippen molar-refractivity contribution in [2.45, 2.75) is 38.4 Å². The van der Waals surface area contributed by atoms with Crippen LogP contribution in [0.5, 0.6) is 0 Å². The second kappa shape index (κ2) is 5.37. The zero-order chi connectivity index (χ0) is 17.8. The molecule has 6 nitrogen and oxygen atoms in total. The second-order valence-electron chi connectivity index (χ2n) is 7.31. The van der Waals surface area contributed by atoms with Crippen molar-refractivity contribution in [1.82, 2.24) is 15.8 Å². The fourth-order valence-electron chi connectivity index (χ4n) is 4.25. The van der Waals surface area contributed by atoms with E-state index in [4.69, 9.17) is 0 Å². The first kappa shape index (κ1) is 17.1. The van der Waals surface area contributed by atoms with Gasteiger partial charge in [0.1, 0.15) is 0 Å². The maximum atomic E-state index is 13.0. The molecule has 2 amide bonds. The molecule has 24 heavy (non-hydrogen) atoms. The summed E-state index contributed by atoms with van der Waals surface area (Å²) in [6, 6.07) is 3.25. The lowest BCUT2D eigenvalue weighted by atomic mass is 9.64. The van der Waals surface area contributed by atoms with Crippen molar-refractivity contribution >= 4 is 33.5 Å². The van der Waals surface area contributed by atoms with Gasteiger partial charge in [-0.05, 0) is 30.4 Å². The number of aromatic nitrogens is 1. The Balaban J connectivity index is 1.80. The van der Waals surface area contributed by atoms with Gasteiger partial charge in [-0.15, -0.1) is 0 Å². The molecule has 3 unspecified atom stereocenters. The number of alkyl halides is 1. The highest BCUT2D eigenvalue weighted by molar-refractivity contribution is 9.10. The highest BCUT2D eigenvalue weighted by atomic mass is 79.9. The zero-order valence-electron chi connectivity index (χ0n) is 13.9. The van der Waals surface area contributed by atoms with Gasteiger partial charge in [0.15, 0.2) is 5.78 Å². The first-order chi connectivity index (χ1) is 11.2. The number of hydrogen-bond acceptors (Lipinski definition) is 4. The first-order valence-corrected chi connectivity index (χ1v) is 8.79. The molecule has 0 saturated heterocycles. The van der Waals surface area contributed by atoms with E-state index in [0.717, 1.165) is 0 Å². The Bertz CT molecular complexity index is 721. The number of ketones is 1. The van der Waals surface area contributed by atoms with E-state index in [2.05, 4.69) is 31.8 Å². The number of hydrazine groups is 1. The summed E-state index contributed by atoms with van der Waals surface area (Å²) < 4.78 is 0. The molecular weight excluding hydrogens is 374 g/mol. The Labute approximate surface area is 148 Å². The Morgan fingerprint density at radius 3 is 2.50 bits per heavy atom. The third-order valence-corrected chi connectivity index (χ3v) is 7.54. The van der Waals surface area contributed by atoms with Crippen molar-refractivity contribution in [2.24, 2.45) is 16.2 Å². The molecule has 7 heteroatoms. The summed E-state index contributed by atoms with van der Waals surface area (Å²) in [4.78, 5) is 41.0. The molecular formula is C17H20BrN3O3. The van der Waals surface area contributed by atoms with Crippen LogP contribution in [0.2, 0.25) is 0 Å². The van der Waals surface area contributed by atoms with Crippen LogP contribution in [0.25, 0.3) is 0 Å². The predicted octanol–water partition coefficient (Wildman–Crippen LogP) is 2.00. The number of nitrogens with one attached hydrogen (secondary N) is 2. The lowest BCUT2D eigenvalue weighted by molar-refractivity contribution is -0.136. The highest BCUT2D eigenvalue weighted by Gasteiger charge is 2.76. The van der Waals surface area contributed by atoms with Crippen LogP contribution in [-0.2, 0) is 9.59 Å². The molecule has 2 aliphatic rings. The molecule has 2 saturated carbocycles. The number of amides is 2. The fraction of sp³-hybridized carbons (Fsp3) is 0.529. The maximum Gasteiger partial charge on any atom is 0.271 e.